The lowest BCUT2D eigenvalue weighted by atomic mass is 10.1. The fourth-order valence-electron chi connectivity index (χ4n) is 1.33. The van der Waals surface area contributed by atoms with Gasteiger partial charge in [0.2, 0.25) is 0 Å². The first-order valence-electron chi connectivity index (χ1n) is 4.52. The van der Waals surface area contributed by atoms with E-state index < -0.39 is 0 Å². The maximum atomic E-state index is 11.5. The van der Waals surface area contributed by atoms with Crippen molar-refractivity contribution in [2.75, 3.05) is 11.9 Å². The van der Waals surface area contributed by atoms with E-state index >= 15 is 0 Å². The number of hydrogen-bond acceptors (Lipinski definition) is 3. The van der Waals surface area contributed by atoms with Gasteiger partial charge in [0.25, 0.3) is 5.91 Å². The molecule has 0 fully saturated rings. The van der Waals surface area contributed by atoms with Crippen LogP contribution in [-0.4, -0.2) is 17.5 Å². The van der Waals surface area contributed by atoms with Crippen LogP contribution in [0.2, 0.25) is 5.15 Å². The van der Waals surface area contributed by atoms with Crippen molar-refractivity contribution in [3.8, 4) is 0 Å². The maximum absolute atomic E-state index is 11.5. The van der Waals surface area contributed by atoms with Gasteiger partial charge in [0.05, 0.1) is 18.4 Å². The molecule has 0 spiro atoms. The quantitative estimate of drug-likeness (QED) is 0.475. The molecule has 0 atom stereocenters. The van der Waals surface area contributed by atoms with Crippen LogP contribution in [0.5, 0.6) is 0 Å². The smallest absolute Gasteiger partial charge is 0.260 e. The molecule has 1 aromatic rings. The SMILES string of the molecule is CCO/C=C1\C(=O)Nc2nc(Cl)ccc21. The largest absolute Gasteiger partial charge is 0.501 e. The number of pyridine rings is 1. The van der Waals surface area contributed by atoms with Crippen molar-refractivity contribution in [2.24, 2.45) is 0 Å². The molecule has 1 amide bonds. The molecule has 0 unspecified atom stereocenters. The van der Waals surface area contributed by atoms with Gasteiger partial charge in [-0.1, -0.05) is 11.6 Å². The standard InChI is InChI=1S/C10H9ClN2O2/c1-2-15-5-7-6-3-4-8(11)12-9(6)13-10(7)14/h3-5H,2H2,1H3,(H,12,13,14)/b7-5-. The lowest BCUT2D eigenvalue weighted by Crippen LogP contribution is -2.04. The Hall–Kier alpha value is -1.55. The number of amides is 1. The summed E-state index contributed by atoms with van der Waals surface area (Å²) in [5.41, 5.74) is 1.20. The van der Waals surface area contributed by atoms with E-state index in [0.717, 1.165) is 5.56 Å². The highest BCUT2D eigenvalue weighted by atomic mass is 35.5. The monoisotopic (exact) mass is 224 g/mol. The number of hydrogen-bond donors (Lipinski definition) is 1. The predicted molar refractivity (Wildman–Crippen MR) is 57.5 cm³/mol. The molecule has 5 heteroatoms. The van der Waals surface area contributed by atoms with E-state index in [9.17, 15) is 4.79 Å². The normalized spacial score (nSPS) is 16.4. The fraction of sp³-hybridized carbons (Fsp3) is 0.200. The summed E-state index contributed by atoms with van der Waals surface area (Å²) in [5.74, 6) is 0.270. The Kier molecular flexibility index (Phi) is 2.60. The molecule has 1 aliphatic rings. The number of aromatic nitrogens is 1. The third-order valence-corrected chi connectivity index (χ3v) is 2.21. The van der Waals surface area contributed by atoms with Gasteiger partial charge in [-0.2, -0.15) is 0 Å². The maximum Gasteiger partial charge on any atom is 0.260 e. The number of rotatable bonds is 2. The summed E-state index contributed by atoms with van der Waals surface area (Å²) in [5, 5.41) is 2.97. The van der Waals surface area contributed by atoms with Gasteiger partial charge in [-0.15, -0.1) is 0 Å². The molecule has 15 heavy (non-hydrogen) atoms. The Bertz CT molecular complexity index is 443. The van der Waals surface area contributed by atoms with Crippen molar-refractivity contribution < 1.29 is 9.53 Å². The lowest BCUT2D eigenvalue weighted by molar-refractivity contribution is -0.110. The third-order valence-electron chi connectivity index (χ3n) is 2.00. The van der Waals surface area contributed by atoms with Crippen molar-refractivity contribution in [3.63, 3.8) is 0 Å². The zero-order valence-corrected chi connectivity index (χ0v) is 8.84. The average Bonchev–Trinajstić information content (AvgIpc) is 2.50. The van der Waals surface area contributed by atoms with Crippen LogP contribution in [0.1, 0.15) is 12.5 Å². The second-order valence-electron chi connectivity index (χ2n) is 2.97. The van der Waals surface area contributed by atoms with Crippen molar-refractivity contribution in [3.05, 3.63) is 29.1 Å². The minimum Gasteiger partial charge on any atom is -0.501 e. The molecule has 0 radical (unpaired) electrons. The highest BCUT2D eigenvalue weighted by Gasteiger charge is 2.25. The van der Waals surface area contributed by atoms with Crippen molar-refractivity contribution in [1.29, 1.82) is 0 Å². The summed E-state index contributed by atoms with van der Waals surface area (Å²) in [6.07, 6.45) is 1.44. The predicted octanol–water partition coefficient (Wildman–Crippen LogP) is 2.06. The highest BCUT2D eigenvalue weighted by Crippen LogP contribution is 2.30. The van der Waals surface area contributed by atoms with Crippen molar-refractivity contribution >= 4 is 28.9 Å². The number of anilines is 1. The summed E-state index contributed by atoms with van der Waals surface area (Å²) < 4.78 is 5.09. The molecule has 0 aromatic carbocycles. The minimum atomic E-state index is -0.215. The van der Waals surface area contributed by atoms with Gasteiger partial charge >= 0.3 is 0 Å². The zero-order valence-electron chi connectivity index (χ0n) is 8.08. The van der Waals surface area contributed by atoms with E-state index in [1.54, 1.807) is 12.1 Å². The molecule has 0 bridgehead atoms. The molecule has 78 valence electrons. The summed E-state index contributed by atoms with van der Waals surface area (Å²) in [6.45, 7) is 2.37. The number of ether oxygens (including phenoxy) is 1. The molecule has 4 nitrogen and oxygen atoms in total. The van der Waals surface area contributed by atoms with Crippen LogP contribution in [0.4, 0.5) is 5.82 Å². The Morgan fingerprint density at radius 2 is 2.40 bits per heavy atom. The Morgan fingerprint density at radius 1 is 1.60 bits per heavy atom. The minimum absolute atomic E-state index is 0.215. The van der Waals surface area contributed by atoms with E-state index in [2.05, 4.69) is 10.3 Å². The van der Waals surface area contributed by atoms with E-state index in [1.165, 1.54) is 6.26 Å². The number of halogens is 1. The van der Waals surface area contributed by atoms with Crippen LogP contribution in [-0.2, 0) is 9.53 Å². The first kappa shape index (κ1) is 9.98. The van der Waals surface area contributed by atoms with Gasteiger partial charge < -0.3 is 10.1 Å². The van der Waals surface area contributed by atoms with Crippen LogP contribution in [0.3, 0.4) is 0 Å². The summed E-state index contributed by atoms with van der Waals surface area (Å²) in [4.78, 5) is 15.5. The van der Waals surface area contributed by atoms with Crippen LogP contribution < -0.4 is 5.32 Å². The number of fused-ring (bicyclic) bond motifs is 1. The topological polar surface area (TPSA) is 51.2 Å². The van der Waals surface area contributed by atoms with E-state index in [1.807, 2.05) is 6.92 Å². The molecule has 0 saturated carbocycles. The van der Waals surface area contributed by atoms with Crippen LogP contribution in [0.25, 0.3) is 5.57 Å². The Morgan fingerprint density at radius 3 is 3.13 bits per heavy atom. The first-order valence-corrected chi connectivity index (χ1v) is 4.90. The molecule has 2 heterocycles. The Labute approximate surface area is 91.9 Å². The second-order valence-corrected chi connectivity index (χ2v) is 3.36. The molecular weight excluding hydrogens is 216 g/mol. The van der Waals surface area contributed by atoms with Gasteiger partial charge in [-0.25, -0.2) is 4.98 Å². The second kappa shape index (κ2) is 3.90. The highest BCUT2D eigenvalue weighted by molar-refractivity contribution is 6.32. The Balaban J connectivity index is 2.42. The number of carbonyl (C=O) groups is 1. The molecule has 2 rings (SSSR count). The van der Waals surface area contributed by atoms with Gasteiger partial charge in [0.15, 0.2) is 0 Å². The zero-order chi connectivity index (χ0) is 10.8. The van der Waals surface area contributed by atoms with E-state index in [-0.39, 0.29) is 5.91 Å². The van der Waals surface area contributed by atoms with Crippen LogP contribution >= 0.6 is 11.6 Å². The van der Waals surface area contributed by atoms with Crippen molar-refractivity contribution in [1.82, 2.24) is 4.98 Å². The van der Waals surface area contributed by atoms with Crippen molar-refractivity contribution in [2.45, 2.75) is 6.92 Å². The van der Waals surface area contributed by atoms with E-state index in [0.29, 0.717) is 23.2 Å². The average molecular weight is 225 g/mol. The first-order chi connectivity index (χ1) is 7.22. The molecule has 0 saturated heterocycles. The van der Waals surface area contributed by atoms with E-state index in [4.69, 9.17) is 16.3 Å². The number of carbonyl (C=O) groups excluding carboxylic acids is 1. The lowest BCUT2D eigenvalue weighted by Gasteiger charge is -1.98. The molecule has 1 aromatic heterocycles. The molecule has 0 aliphatic carbocycles. The number of nitrogens with zero attached hydrogens (tertiary/aromatic N) is 1. The molecular formula is C10H9ClN2O2. The van der Waals surface area contributed by atoms with Crippen LogP contribution in [0.15, 0.2) is 18.4 Å². The third kappa shape index (κ3) is 1.80. The fourth-order valence-corrected chi connectivity index (χ4v) is 1.48. The molecule has 1 N–H and O–H groups in total. The van der Waals surface area contributed by atoms with Gasteiger partial charge in [0, 0.05) is 5.56 Å². The molecule has 1 aliphatic heterocycles. The summed E-state index contributed by atoms with van der Waals surface area (Å²) in [6, 6.07) is 3.38. The van der Waals surface area contributed by atoms with Gasteiger partial charge in [-0.05, 0) is 19.1 Å². The number of nitrogens with one attached hydrogen (secondary N) is 1. The summed E-state index contributed by atoms with van der Waals surface area (Å²) in [7, 11) is 0. The summed E-state index contributed by atoms with van der Waals surface area (Å²) >= 11 is 5.71. The van der Waals surface area contributed by atoms with Gasteiger partial charge in [-0.3, -0.25) is 4.79 Å². The van der Waals surface area contributed by atoms with Crippen LogP contribution in [0, 0.1) is 0 Å². The van der Waals surface area contributed by atoms with Gasteiger partial charge in [0.1, 0.15) is 11.0 Å².